The van der Waals surface area contributed by atoms with Crippen LogP contribution in [0, 0.1) is 11.8 Å². The minimum absolute atomic E-state index is 0.0614. The number of esters is 1. The molecular formula is C31H41NO4. The Kier molecular flexibility index (Phi) is 9.00. The Balaban J connectivity index is 1.28. The molecule has 36 heavy (non-hydrogen) atoms. The van der Waals surface area contributed by atoms with Crippen molar-refractivity contribution in [3.05, 3.63) is 76.9 Å². The molecule has 194 valence electrons. The van der Waals surface area contributed by atoms with Gasteiger partial charge >= 0.3 is 5.97 Å². The second-order valence-electron chi connectivity index (χ2n) is 11.0. The Morgan fingerprint density at radius 3 is 2.44 bits per heavy atom. The van der Waals surface area contributed by atoms with E-state index in [1.165, 1.54) is 17.2 Å². The fraction of sp³-hybridized carbons (Fsp3) is 0.516. The summed E-state index contributed by atoms with van der Waals surface area (Å²) in [5.74, 6) is 0.737. The van der Waals surface area contributed by atoms with E-state index in [0.717, 1.165) is 43.2 Å². The van der Waals surface area contributed by atoms with E-state index in [1.54, 1.807) is 13.0 Å². The van der Waals surface area contributed by atoms with Crippen molar-refractivity contribution >= 4 is 12.0 Å². The number of aliphatic hydroxyl groups is 1. The van der Waals surface area contributed by atoms with Gasteiger partial charge in [0.25, 0.3) is 0 Å². The largest absolute Gasteiger partial charge is 0.463 e. The maximum absolute atomic E-state index is 11.8. The zero-order chi connectivity index (χ0) is 25.5. The molecule has 2 aliphatic carbocycles. The predicted octanol–water partition coefficient (Wildman–Crippen LogP) is 5.26. The van der Waals surface area contributed by atoms with Gasteiger partial charge in [-0.1, -0.05) is 48.5 Å². The molecule has 1 unspecified atom stereocenters. The van der Waals surface area contributed by atoms with Crippen LogP contribution in [0.2, 0.25) is 0 Å². The van der Waals surface area contributed by atoms with Crippen molar-refractivity contribution in [2.45, 2.75) is 70.6 Å². The number of hydrogen-bond acceptors (Lipinski definition) is 5. The molecule has 5 heteroatoms. The van der Waals surface area contributed by atoms with Gasteiger partial charge in [0, 0.05) is 18.2 Å². The first kappa shape index (κ1) is 26.6. The lowest BCUT2D eigenvalue weighted by Crippen LogP contribution is -2.45. The number of nitrogens with one attached hydrogen (secondary N) is 1. The number of hydrogen-bond donors (Lipinski definition) is 2. The van der Waals surface area contributed by atoms with Crippen LogP contribution in [-0.2, 0) is 27.1 Å². The van der Waals surface area contributed by atoms with Crippen molar-refractivity contribution in [1.82, 2.24) is 5.32 Å². The van der Waals surface area contributed by atoms with Gasteiger partial charge in [0.1, 0.15) is 0 Å². The summed E-state index contributed by atoms with van der Waals surface area (Å²) < 4.78 is 11.3. The molecule has 2 atom stereocenters. The molecule has 2 aliphatic rings. The topological polar surface area (TPSA) is 67.8 Å². The summed E-state index contributed by atoms with van der Waals surface area (Å²) in [4.78, 5) is 11.8. The molecule has 2 aromatic rings. The van der Waals surface area contributed by atoms with Crippen LogP contribution in [0.1, 0.15) is 68.4 Å². The first-order chi connectivity index (χ1) is 17.3. The first-order valence-corrected chi connectivity index (χ1v) is 13.4. The number of ether oxygens (including phenoxy) is 2. The van der Waals surface area contributed by atoms with Crippen molar-refractivity contribution in [3.63, 3.8) is 0 Å². The molecule has 0 aromatic heterocycles. The van der Waals surface area contributed by atoms with Crippen LogP contribution in [-0.4, -0.2) is 42.5 Å². The van der Waals surface area contributed by atoms with Crippen LogP contribution in [0.25, 0.3) is 6.08 Å². The third-order valence-electron chi connectivity index (χ3n) is 7.26. The van der Waals surface area contributed by atoms with Crippen LogP contribution in [0.3, 0.4) is 0 Å². The summed E-state index contributed by atoms with van der Waals surface area (Å²) in [6.45, 7) is 7.37. The molecule has 0 heterocycles. The molecule has 4 rings (SSSR count). The maximum Gasteiger partial charge on any atom is 0.330 e. The van der Waals surface area contributed by atoms with Crippen molar-refractivity contribution in [2.75, 3.05) is 19.8 Å². The van der Waals surface area contributed by atoms with Crippen LogP contribution < -0.4 is 5.32 Å². The van der Waals surface area contributed by atoms with Crippen molar-refractivity contribution in [1.29, 1.82) is 0 Å². The number of benzene rings is 2. The fourth-order valence-electron chi connectivity index (χ4n) is 5.40. The van der Waals surface area contributed by atoms with Crippen LogP contribution in [0.5, 0.6) is 0 Å². The van der Waals surface area contributed by atoms with E-state index < -0.39 is 6.10 Å². The normalized spacial score (nSPS) is 17.8. The van der Waals surface area contributed by atoms with E-state index in [-0.39, 0.29) is 24.2 Å². The average Bonchev–Trinajstić information content (AvgIpc) is 3.61. The van der Waals surface area contributed by atoms with E-state index in [4.69, 9.17) is 9.47 Å². The Morgan fingerprint density at radius 2 is 1.78 bits per heavy atom. The second kappa shape index (κ2) is 12.2. The second-order valence-corrected chi connectivity index (χ2v) is 11.0. The number of carbonyl (C=O) groups is 1. The molecule has 2 aromatic carbocycles. The molecule has 0 aliphatic heterocycles. The molecule has 0 radical (unpaired) electrons. The number of β-amino-alcohol motifs (C(OH)–C–C–N with tert-alkyl or cyclic N) is 1. The zero-order valence-electron chi connectivity index (χ0n) is 21.9. The standard InChI is InChI=1S/C31H41NO4/c1-4-35-29(34)16-15-23-9-7-8-12-28(23)30(24-13-14-24)36-21-27(33)20-32-31(2,3)19-22-17-25-10-5-6-11-26(25)18-22/h5-12,15-16,22,24,27,30,32-33H,4,13-14,17-21H2,1-3H3/b16-15+/t27-,30?/m1/s1. The lowest BCUT2D eigenvalue weighted by molar-refractivity contribution is -0.137. The summed E-state index contributed by atoms with van der Waals surface area (Å²) >= 11 is 0. The fourth-order valence-corrected chi connectivity index (χ4v) is 5.40. The van der Waals surface area contributed by atoms with E-state index in [9.17, 15) is 9.90 Å². The van der Waals surface area contributed by atoms with Crippen molar-refractivity contribution < 1.29 is 19.4 Å². The summed E-state index contributed by atoms with van der Waals surface area (Å²) in [5.41, 5.74) is 4.91. The Hall–Kier alpha value is -2.47. The molecule has 0 saturated heterocycles. The predicted molar refractivity (Wildman–Crippen MR) is 144 cm³/mol. The van der Waals surface area contributed by atoms with Crippen LogP contribution in [0.15, 0.2) is 54.6 Å². The van der Waals surface area contributed by atoms with Gasteiger partial charge in [-0.2, -0.15) is 0 Å². The Bertz CT molecular complexity index is 1020. The quantitative estimate of drug-likeness (QED) is 0.295. The molecule has 0 amide bonds. The van der Waals surface area contributed by atoms with Gasteiger partial charge in [-0.25, -0.2) is 4.79 Å². The van der Waals surface area contributed by atoms with Crippen molar-refractivity contribution in [2.24, 2.45) is 11.8 Å². The molecule has 1 fully saturated rings. The first-order valence-electron chi connectivity index (χ1n) is 13.4. The molecule has 5 nitrogen and oxygen atoms in total. The zero-order valence-corrected chi connectivity index (χ0v) is 21.9. The lowest BCUT2D eigenvalue weighted by Gasteiger charge is -2.31. The van der Waals surface area contributed by atoms with Gasteiger partial charge in [0.15, 0.2) is 0 Å². The van der Waals surface area contributed by atoms with Crippen LogP contribution >= 0.6 is 0 Å². The third kappa shape index (κ3) is 7.52. The summed E-state index contributed by atoms with van der Waals surface area (Å²) in [6, 6.07) is 16.8. The minimum atomic E-state index is -0.589. The van der Waals surface area contributed by atoms with Gasteiger partial charge in [0.2, 0.25) is 0 Å². The number of aliphatic hydroxyl groups excluding tert-OH is 1. The molecular weight excluding hydrogens is 450 g/mol. The number of carbonyl (C=O) groups excluding carboxylic acids is 1. The molecule has 1 saturated carbocycles. The van der Waals surface area contributed by atoms with E-state index in [0.29, 0.717) is 25.0 Å². The highest BCUT2D eigenvalue weighted by molar-refractivity contribution is 5.87. The van der Waals surface area contributed by atoms with E-state index in [1.807, 2.05) is 18.2 Å². The van der Waals surface area contributed by atoms with E-state index in [2.05, 4.69) is 49.5 Å². The highest BCUT2D eigenvalue weighted by Crippen LogP contribution is 2.44. The smallest absolute Gasteiger partial charge is 0.330 e. The highest BCUT2D eigenvalue weighted by Gasteiger charge is 2.35. The third-order valence-corrected chi connectivity index (χ3v) is 7.26. The molecule has 2 N–H and O–H groups in total. The Labute approximate surface area is 215 Å². The summed E-state index contributed by atoms with van der Waals surface area (Å²) in [5, 5.41) is 14.3. The Morgan fingerprint density at radius 1 is 1.11 bits per heavy atom. The SMILES string of the molecule is CCOC(=O)/C=C/c1ccccc1C(OC[C@H](O)CNC(C)(C)CC1Cc2ccccc2C1)C1CC1. The van der Waals surface area contributed by atoms with Crippen LogP contribution in [0.4, 0.5) is 0 Å². The summed E-state index contributed by atoms with van der Waals surface area (Å²) in [6.07, 6.45) is 8.17. The highest BCUT2D eigenvalue weighted by atomic mass is 16.5. The lowest BCUT2D eigenvalue weighted by atomic mass is 9.88. The van der Waals surface area contributed by atoms with Gasteiger partial charge in [-0.3, -0.25) is 0 Å². The van der Waals surface area contributed by atoms with Gasteiger partial charge in [-0.05, 0) is 93.0 Å². The monoisotopic (exact) mass is 491 g/mol. The van der Waals surface area contributed by atoms with Gasteiger partial charge in [0.05, 0.1) is 25.4 Å². The molecule has 0 bridgehead atoms. The number of fused-ring (bicyclic) bond motifs is 1. The number of rotatable bonds is 13. The van der Waals surface area contributed by atoms with E-state index >= 15 is 0 Å². The molecule has 0 spiro atoms. The van der Waals surface area contributed by atoms with Gasteiger partial charge < -0.3 is 19.9 Å². The average molecular weight is 492 g/mol. The summed E-state index contributed by atoms with van der Waals surface area (Å²) in [7, 11) is 0. The minimum Gasteiger partial charge on any atom is -0.463 e. The maximum atomic E-state index is 11.8. The van der Waals surface area contributed by atoms with Crippen molar-refractivity contribution in [3.8, 4) is 0 Å². The van der Waals surface area contributed by atoms with Gasteiger partial charge in [-0.15, -0.1) is 0 Å².